The molecule has 1 saturated heterocycles. The molecule has 2 aliphatic carbocycles. The standard InChI is InChI=1S/C26H32N2O2/c1-27(18-21-8-4-2-5-9-21)23-12-14-25(15-13-23)19-28(20-26(30-25)16-17-26)24(29)22-10-6-3-7-11-22/h2-11,23H,12-20H2,1H3/t23-,25-. The van der Waals surface area contributed by atoms with E-state index >= 15 is 0 Å². The minimum absolute atomic E-state index is 0.0779. The quantitative estimate of drug-likeness (QED) is 0.752. The van der Waals surface area contributed by atoms with Crippen molar-refractivity contribution in [3.63, 3.8) is 0 Å². The largest absolute Gasteiger partial charge is 0.365 e. The summed E-state index contributed by atoms with van der Waals surface area (Å²) in [5, 5.41) is 0. The van der Waals surface area contributed by atoms with Crippen LogP contribution in [0.15, 0.2) is 60.7 Å². The summed E-state index contributed by atoms with van der Waals surface area (Å²) < 4.78 is 6.76. The van der Waals surface area contributed by atoms with E-state index in [1.165, 1.54) is 5.56 Å². The molecule has 2 spiro atoms. The lowest BCUT2D eigenvalue weighted by atomic mass is 9.79. The zero-order valence-corrected chi connectivity index (χ0v) is 17.9. The molecule has 5 rings (SSSR count). The summed E-state index contributed by atoms with van der Waals surface area (Å²) in [6.45, 7) is 2.47. The van der Waals surface area contributed by atoms with Gasteiger partial charge in [-0.3, -0.25) is 9.69 Å². The highest BCUT2D eigenvalue weighted by atomic mass is 16.5. The van der Waals surface area contributed by atoms with Gasteiger partial charge in [0.25, 0.3) is 5.91 Å². The highest BCUT2D eigenvalue weighted by Crippen LogP contribution is 2.50. The third-order valence-electron chi connectivity index (χ3n) is 7.27. The molecule has 4 nitrogen and oxygen atoms in total. The first kappa shape index (κ1) is 19.8. The number of amides is 1. The van der Waals surface area contributed by atoms with Gasteiger partial charge in [-0.1, -0.05) is 48.5 Å². The fraction of sp³-hybridized carbons (Fsp3) is 0.500. The number of benzene rings is 2. The second-order valence-corrected chi connectivity index (χ2v) is 9.63. The number of carbonyl (C=O) groups is 1. The molecule has 0 bridgehead atoms. The van der Waals surface area contributed by atoms with Gasteiger partial charge in [0.15, 0.2) is 0 Å². The predicted octanol–water partition coefficient (Wildman–Crippen LogP) is 4.51. The molecular formula is C26H32N2O2. The van der Waals surface area contributed by atoms with Gasteiger partial charge < -0.3 is 9.64 Å². The molecule has 1 heterocycles. The molecule has 0 radical (unpaired) electrons. The van der Waals surface area contributed by atoms with E-state index in [0.717, 1.165) is 63.7 Å². The fourth-order valence-corrected chi connectivity index (χ4v) is 5.41. The minimum Gasteiger partial charge on any atom is -0.365 e. The van der Waals surface area contributed by atoms with Crippen LogP contribution in [-0.4, -0.2) is 53.1 Å². The van der Waals surface area contributed by atoms with Gasteiger partial charge in [0, 0.05) is 18.2 Å². The molecule has 30 heavy (non-hydrogen) atoms. The van der Waals surface area contributed by atoms with Crippen molar-refractivity contribution >= 4 is 5.91 Å². The van der Waals surface area contributed by atoms with Crippen LogP contribution in [0.1, 0.15) is 54.4 Å². The van der Waals surface area contributed by atoms with Crippen LogP contribution in [0, 0.1) is 0 Å². The summed E-state index contributed by atoms with van der Waals surface area (Å²) >= 11 is 0. The van der Waals surface area contributed by atoms with Crippen molar-refractivity contribution in [3.8, 4) is 0 Å². The van der Waals surface area contributed by atoms with Crippen LogP contribution >= 0.6 is 0 Å². The number of morpholine rings is 1. The zero-order chi connectivity index (χ0) is 20.6. The summed E-state index contributed by atoms with van der Waals surface area (Å²) in [5.74, 6) is 0.160. The molecule has 3 aliphatic rings. The number of hydrogen-bond donors (Lipinski definition) is 0. The van der Waals surface area contributed by atoms with Crippen molar-refractivity contribution in [1.82, 2.24) is 9.80 Å². The monoisotopic (exact) mass is 404 g/mol. The molecular weight excluding hydrogens is 372 g/mol. The molecule has 4 heteroatoms. The minimum atomic E-state index is -0.163. The van der Waals surface area contributed by atoms with Gasteiger partial charge >= 0.3 is 0 Å². The molecule has 3 fully saturated rings. The maximum atomic E-state index is 13.2. The molecule has 1 amide bonds. The second-order valence-electron chi connectivity index (χ2n) is 9.63. The number of ether oxygens (including phenoxy) is 1. The smallest absolute Gasteiger partial charge is 0.254 e. The molecule has 2 aromatic carbocycles. The van der Waals surface area contributed by atoms with Crippen LogP contribution in [0.4, 0.5) is 0 Å². The zero-order valence-electron chi connectivity index (χ0n) is 17.9. The Morgan fingerprint density at radius 1 is 0.933 bits per heavy atom. The summed E-state index contributed by atoms with van der Waals surface area (Å²) in [7, 11) is 2.24. The number of carbonyl (C=O) groups excluding carboxylic acids is 1. The summed E-state index contributed by atoms with van der Waals surface area (Å²) in [6.07, 6.45) is 6.52. The van der Waals surface area contributed by atoms with E-state index in [-0.39, 0.29) is 17.1 Å². The molecule has 0 N–H and O–H groups in total. The highest BCUT2D eigenvalue weighted by Gasteiger charge is 2.56. The maximum absolute atomic E-state index is 13.2. The summed E-state index contributed by atoms with van der Waals surface area (Å²) in [6, 6.07) is 21.0. The lowest BCUT2D eigenvalue weighted by molar-refractivity contribution is -0.178. The Bertz CT molecular complexity index is 870. The molecule has 2 saturated carbocycles. The van der Waals surface area contributed by atoms with Gasteiger partial charge in [0.05, 0.1) is 24.3 Å². The maximum Gasteiger partial charge on any atom is 0.254 e. The van der Waals surface area contributed by atoms with Gasteiger partial charge in [-0.25, -0.2) is 0 Å². The lowest BCUT2D eigenvalue weighted by Gasteiger charge is -2.51. The van der Waals surface area contributed by atoms with Crippen LogP contribution in [0.25, 0.3) is 0 Å². The van der Waals surface area contributed by atoms with E-state index in [9.17, 15) is 4.79 Å². The first-order valence-corrected chi connectivity index (χ1v) is 11.4. The van der Waals surface area contributed by atoms with Gasteiger partial charge in [-0.05, 0) is 63.3 Å². The van der Waals surface area contributed by atoms with Crippen LogP contribution in [0.5, 0.6) is 0 Å². The van der Waals surface area contributed by atoms with Crippen molar-refractivity contribution in [2.75, 3.05) is 20.1 Å². The third kappa shape index (κ3) is 4.03. The van der Waals surface area contributed by atoms with E-state index < -0.39 is 0 Å². The van der Waals surface area contributed by atoms with Crippen molar-refractivity contribution in [2.45, 2.75) is 62.3 Å². The Balaban J connectivity index is 1.25. The Morgan fingerprint density at radius 3 is 2.10 bits per heavy atom. The van der Waals surface area contributed by atoms with Crippen LogP contribution in [-0.2, 0) is 11.3 Å². The van der Waals surface area contributed by atoms with Crippen molar-refractivity contribution in [2.24, 2.45) is 0 Å². The molecule has 0 aromatic heterocycles. The Labute approximate surface area is 179 Å². The van der Waals surface area contributed by atoms with E-state index in [2.05, 4.69) is 47.2 Å². The highest BCUT2D eigenvalue weighted by molar-refractivity contribution is 5.94. The van der Waals surface area contributed by atoms with Gasteiger partial charge in [-0.15, -0.1) is 0 Å². The lowest BCUT2D eigenvalue weighted by Crippen LogP contribution is -2.60. The first-order chi connectivity index (χ1) is 14.6. The molecule has 2 aromatic rings. The van der Waals surface area contributed by atoms with E-state index in [1.807, 2.05) is 30.3 Å². The number of rotatable bonds is 4. The molecule has 0 atom stereocenters. The van der Waals surface area contributed by atoms with Crippen LogP contribution in [0.3, 0.4) is 0 Å². The second kappa shape index (κ2) is 7.82. The van der Waals surface area contributed by atoms with Gasteiger partial charge in [0.2, 0.25) is 0 Å². The molecule has 1 aliphatic heterocycles. The van der Waals surface area contributed by atoms with Crippen molar-refractivity contribution < 1.29 is 9.53 Å². The number of nitrogens with zero attached hydrogens (tertiary/aromatic N) is 2. The average molecular weight is 405 g/mol. The third-order valence-corrected chi connectivity index (χ3v) is 7.27. The average Bonchev–Trinajstić information content (AvgIpc) is 3.52. The summed E-state index contributed by atoms with van der Waals surface area (Å²) in [5.41, 5.74) is 1.92. The van der Waals surface area contributed by atoms with Crippen LogP contribution < -0.4 is 0 Å². The van der Waals surface area contributed by atoms with E-state index in [1.54, 1.807) is 0 Å². The Hall–Kier alpha value is -2.17. The van der Waals surface area contributed by atoms with Gasteiger partial charge in [0.1, 0.15) is 0 Å². The van der Waals surface area contributed by atoms with Crippen LogP contribution in [0.2, 0.25) is 0 Å². The SMILES string of the molecule is CN(Cc1ccccc1)[C@H]1CC[C@]2(CC1)CN(C(=O)c1ccccc1)CC1(CC1)O2. The topological polar surface area (TPSA) is 32.8 Å². The molecule has 158 valence electrons. The molecule has 0 unspecified atom stereocenters. The fourth-order valence-electron chi connectivity index (χ4n) is 5.41. The van der Waals surface area contributed by atoms with Gasteiger partial charge in [-0.2, -0.15) is 0 Å². The normalized spacial score (nSPS) is 27.5. The summed E-state index contributed by atoms with van der Waals surface area (Å²) in [4.78, 5) is 17.8. The Morgan fingerprint density at radius 2 is 1.50 bits per heavy atom. The van der Waals surface area contributed by atoms with E-state index in [4.69, 9.17) is 4.74 Å². The van der Waals surface area contributed by atoms with E-state index in [0.29, 0.717) is 6.04 Å². The first-order valence-electron chi connectivity index (χ1n) is 11.4. The predicted molar refractivity (Wildman–Crippen MR) is 118 cm³/mol. The van der Waals surface area contributed by atoms with Crippen molar-refractivity contribution in [3.05, 3.63) is 71.8 Å². The number of hydrogen-bond acceptors (Lipinski definition) is 3. The Kier molecular flexibility index (Phi) is 5.16. The van der Waals surface area contributed by atoms with Crippen molar-refractivity contribution in [1.29, 1.82) is 0 Å².